The molecule has 8 rings (SSSR count). The molecule has 0 spiro atoms. The van der Waals surface area contributed by atoms with Crippen LogP contribution in [0.1, 0.15) is 0 Å². The van der Waals surface area contributed by atoms with Gasteiger partial charge in [0.1, 0.15) is 0 Å². The molecule has 0 saturated carbocycles. The molecule has 0 aliphatic carbocycles. The molecule has 8 aromatic rings. The number of nitrogens with zero attached hydrogens (tertiary/aromatic N) is 2. The van der Waals surface area contributed by atoms with Gasteiger partial charge in [0.2, 0.25) is 0 Å². The summed E-state index contributed by atoms with van der Waals surface area (Å²) in [5, 5.41) is 9.19. The molecule has 0 fully saturated rings. The molecule has 0 N–H and O–H groups in total. The fourth-order valence-corrected chi connectivity index (χ4v) is 8.97. The number of fused-ring (bicyclic) bond motifs is 8. The molecule has 4 heteroatoms. The number of benzene rings is 6. The number of pyridine rings is 2. The van der Waals surface area contributed by atoms with E-state index in [0.717, 1.165) is 59.7 Å². The van der Waals surface area contributed by atoms with Crippen molar-refractivity contribution in [2.24, 2.45) is 0 Å². The molecular formula is C38H25N2OP. The predicted molar refractivity (Wildman–Crippen MR) is 177 cm³/mol. The van der Waals surface area contributed by atoms with E-state index in [4.69, 9.17) is 9.97 Å². The quantitative estimate of drug-likeness (QED) is 0.162. The van der Waals surface area contributed by atoms with Crippen molar-refractivity contribution < 1.29 is 4.57 Å². The van der Waals surface area contributed by atoms with Gasteiger partial charge >= 0.3 is 0 Å². The Kier molecular flexibility index (Phi) is 5.73. The first-order chi connectivity index (χ1) is 20.7. The molecular weight excluding hydrogens is 531 g/mol. The van der Waals surface area contributed by atoms with E-state index in [1.165, 1.54) is 10.8 Å². The minimum atomic E-state index is -3.16. The van der Waals surface area contributed by atoms with Crippen LogP contribution in [0.3, 0.4) is 0 Å². The van der Waals surface area contributed by atoms with Crippen LogP contribution >= 0.6 is 7.14 Å². The second-order valence-corrected chi connectivity index (χ2v) is 13.3. The van der Waals surface area contributed by atoms with Gasteiger partial charge in [-0.3, -0.25) is 4.98 Å². The molecule has 0 atom stereocenters. The maximum Gasteiger partial charge on any atom is 0.171 e. The highest BCUT2D eigenvalue weighted by Crippen LogP contribution is 2.45. The number of rotatable bonds is 4. The second kappa shape index (κ2) is 9.76. The third-order valence-electron chi connectivity index (χ3n) is 8.15. The summed E-state index contributed by atoms with van der Waals surface area (Å²) in [4.78, 5) is 10.1. The Labute approximate surface area is 243 Å². The van der Waals surface area contributed by atoms with Crippen molar-refractivity contribution in [3.8, 4) is 11.3 Å². The van der Waals surface area contributed by atoms with Gasteiger partial charge in [0, 0.05) is 38.4 Å². The smallest absolute Gasteiger partial charge is 0.171 e. The van der Waals surface area contributed by atoms with Gasteiger partial charge in [-0.1, -0.05) is 127 Å². The van der Waals surface area contributed by atoms with Crippen molar-refractivity contribution in [2.45, 2.75) is 0 Å². The Hall–Kier alpha value is -5.11. The summed E-state index contributed by atoms with van der Waals surface area (Å²) in [6.45, 7) is 0. The van der Waals surface area contributed by atoms with Crippen LogP contribution < -0.4 is 15.9 Å². The maximum atomic E-state index is 15.2. The Morgan fingerprint density at radius 1 is 0.476 bits per heavy atom. The van der Waals surface area contributed by atoms with E-state index in [1.807, 2.05) is 91.1 Å². The Morgan fingerprint density at radius 2 is 1.02 bits per heavy atom. The van der Waals surface area contributed by atoms with Gasteiger partial charge in [-0.2, -0.15) is 0 Å². The topological polar surface area (TPSA) is 42.9 Å². The van der Waals surface area contributed by atoms with Crippen LogP contribution in [0.2, 0.25) is 0 Å². The van der Waals surface area contributed by atoms with E-state index in [1.54, 1.807) is 0 Å². The van der Waals surface area contributed by atoms with Gasteiger partial charge in [0.25, 0.3) is 0 Å². The molecule has 2 heterocycles. The number of aromatic nitrogens is 2. The lowest BCUT2D eigenvalue weighted by Crippen LogP contribution is -2.25. The molecule has 0 amide bonds. The van der Waals surface area contributed by atoms with Crippen molar-refractivity contribution in [1.29, 1.82) is 0 Å². The summed E-state index contributed by atoms with van der Waals surface area (Å²) >= 11 is 0. The second-order valence-electron chi connectivity index (χ2n) is 10.5. The van der Waals surface area contributed by atoms with Gasteiger partial charge < -0.3 is 4.57 Å². The molecule has 3 nitrogen and oxygen atoms in total. The highest BCUT2D eigenvalue weighted by atomic mass is 31.2. The molecule has 0 aliphatic rings. The fraction of sp³-hybridized carbons (Fsp3) is 0. The summed E-state index contributed by atoms with van der Waals surface area (Å²) in [6, 6.07) is 48.8. The Balaban J connectivity index is 1.50. The molecule has 0 saturated heterocycles. The zero-order valence-corrected chi connectivity index (χ0v) is 23.6. The van der Waals surface area contributed by atoms with E-state index < -0.39 is 7.14 Å². The van der Waals surface area contributed by atoms with Crippen LogP contribution in [0.5, 0.6) is 0 Å². The Morgan fingerprint density at radius 3 is 1.67 bits per heavy atom. The van der Waals surface area contributed by atoms with Gasteiger partial charge in [-0.15, -0.1) is 0 Å². The lowest BCUT2D eigenvalue weighted by atomic mass is 9.91. The van der Waals surface area contributed by atoms with E-state index in [0.29, 0.717) is 0 Å². The van der Waals surface area contributed by atoms with Crippen LogP contribution in [0.25, 0.3) is 54.6 Å². The summed E-state index contributed by atoms with van der Waals surface area (Å²) < 4.78 is 15.2. The van der Waals surface area contributed by atoms with Gasteiger partial charge in [0.05, 0.1) is 16.7 Å². The van der Waals surface area contributed by atoms with Crippen molar-refractivity contribution in [2.75, 3.05) is 0 Å². The van der Waals surface area contributed by atoms with Crippen molar-refractivity contribution in [3.63, 3.8) is 0 Å². The van der Waals surface area contributed by atoms with Crippen molar-refractivity contribution in [1.82, 2.24) is 9.97 Å². The highest BCUT2D eigenvalue weighted by Gasteiger charge is 2.30. The molecule has 42 heavy (non-hydrogen) atoms. The van der Waals surface area contributed by atoms with E-state index >= 15 is 4.57 Å². The highest BCUT2D eigenvalue weighted by molar-refractivity contribution is 7.85. The molecule has 0 aliphatic heterocycles. The molecule has 2 aromatic heterocycles. The summed E-state index contributed by atoms with van der Waals surface area (Å²) in [5.41, 5.74) is 3.51. The number of hydrogen-bond donors (Lipinski definition) is 0. The monoisotopic (exact) mass is 556 g/mol. The number of hydrogen-bond acceptors (Lipinski definition) is 3. The minimum absolute atomic E-state index is 0.781. The fourth-order valence-electron chi connectivity index (χ4n) is 6.27. The standard InChI is InChI=1S/C38H25N2OP/c41-42(27-14-3-1-4-15-27,28-16-5-2-6-17-28)29-18-11-13-26(25-29)37-35-32-21-9-7-19-30(32)31-20-8-10-22-33(31)36(35)38-34(40-37)23-12-24-39-38/h1-25H. The summed E-state index contributed by atoms with van der Waals surface area (Å²) in [5.74, 6) is 0. The predicted octanol–water partition coefficient (Wildman–Crippen LogP) is 8.40. The zero-order valence-electron chi connectivity index (χ0n) is 22.7. The van der Waals surface area contributed by atoms with Gasteiger partial charge in [-0.05, 0) is 39.7 Å². The van der Waals surface area contributed by atoms with Crippen LogP contribution in [0.15, 0.2) is 152 Å². The molecule has 0 radical (unpaired) electrons. The lowest BCUT2D eigenvalue weighted by Gasteiger charge is -2.21. The lowest BCUT2D eigenvalue weighted by molar-refractivity contribution is 0.592. The van der Waals surface area contributed by atoms with E-state index in [9.17, 15) is 0 Å². The maximum absolute atomic E-state index is 15.2. The van der Waals surface area contributed by atoms with Crippen LogP contribution in [0.4, 0.5) is 0 Å². The zero-order chi connectivity index (χ0) is 28.1. The molecule has 6 aromatic carbocycles. The molecule has 0 unspecified atom stereocenters. The van der Waals surface area contributed by atoms with Gasteiger partial charge in [-0.25, -0.2) is 4.98 Å². The first kappa shape index (κ1) is 24.7. The van der Waals surface area contributed by atoms with E-state index in [2.05, 4.69) is 60.7 Å². The van der Waals surface area contributed by atoms with Crippen LogP contribution in [-0.4, -0.2) is 9.97 Å². The van der Waals surface area contributed by atoms with E-state index in [-0.39, 0.29) is 0 Å². The van der Waals surface area contributed by atoms with Crippen molar-refractivity contribution in [3.05, 3.63) is 152 Å². The molecule has 198 valence electrons. The average Bonchev–Trinajstić information content (AvgIpc) is 3.08. The molecule has 0 bridgehead atoms. The van der Waals surface area contributed by atoms with Gasteiger partial charge in [0.15, 0.2) is 7.14 Å². The first-order valence-corrected chi connectivity index (χ1v) is 15.7. The first-order valence-electron chi connectivity index (χ1n) is 14.0. The van der Waals surface area contributed by atoms with Crippen LogP contribution in [0, 0.1) is 0 Å². The SMILES string of the molecule is O=P(c1ccccc1)(c1ccccc1)c1cccc(-c2nc3cccnc3c3c4ccccc4c4ccccc4c23)c1. The van der Waals surface area contributed by atoms with Crippen molar-refractivity contribution >= 4 is 66.4 Å². The largest absolute Gasteiger partial charge is 0.309 e. The minimum Gasteiger partial charge on any atom is -0.309 e. The summed E-state index contributed by atoms with van der Waals surface area (Å²) in [7, 11) is -3.16. The average molecular weight is 557 g/mol. The third-order valence-corrected chi connectivity index (χ3v) is 11.2. The Bertz CT molecular complexity index is 2290. The van der Waals surface area contributed by atoms with Crippen LogP contribution in [-0.2, 0) is 4.57 Å². The normalized spacial score (nSPS) is 11.9. The summed E-state index contributed by atoms with van der Waals surface area (Å²) in [6.07, 6.45) is 1.84. The third kappa shape index (κ3) is 3.71.